The molecule has 0 saturated carbocycles. The lowest BCUT2D eigenvalue weighted by Gasteiger charge is -2.05. The molecule has 0 fully saturated rings. The van der Waals surface area contributed by atoms with Crippen LogP contribution in [0.1, 0.15) is 44.9 Å². The zero-order chi connectivity index (χ0) is 10.6. The molecule has 0 bridgehead atoms. The molecule has 0 radical (unpaired) electrons. The standard InChI is InChI=1S/C11H20N2O/c1-4-7-9-10(8-5-2)13(6-3)12-11(9)14/h4-8H2,1-3H3,(H,12,14). The highest BCUT2D eigenvalue weighted by Gasteiger charge is 2.14. The summed E-state index contributed by atoms with van der Waals surface area (Å²) in [5.41, 5.74) is 2.27. The number of rotatable bonds is 5. The van der Waals surface area contributed by atoms with Gasteiger partial charge in [-0.3, -0.25) is 4.68 Å². The molecule has 80 valence electrons. The largest absolute Gasteiger partial charge is 0.492 e. The fraction of sp³-hybridized carbons (Fsp3) is 0.727. The van der Waals surface area contributed by atoms with E-state index >= 15 is 0 Å². The van der Waals surface area contributed by atoms with Crippen molar-refractivity contribution in [3.63, 3.8) is 0 Å². The van der Waals surface area contributed by atoms with Crippen LogP contribution in [-0.2, 0) is 19.4 Å². The van der Waals surface area contributed by atoms with Gasteiger partial charge in [-0.25, -0.2) is 0 Å². The first-order valence-electron chi connectivity index (χ1n) is 5.52. The van der Waals surface area contributed by atoms with Crippen molar-refractivity contribution in [2.24, 2.45) is 0 Å². The summed E-state index contributed by atoms with van der Waals surface area (Å²) in [4.78, 5) is 0. The highest BCUT2D eigenvalue weighted by atomic mass is 16.3. The molecule has 0 atom stereocenters. The fourth-order valence-corrected chi connectivity index (χ4v) is 1.80. The minimum absolute atomic E-state index is 0.233. The van der Waals surface area contributed by atoms with Crippen molar-refractivity contribution >= 4 is 0 Å². The Balaban J connectivity index is 3.03. The van der Waals surface area contributed by atoms with Gasteiger partial charge >= 0.3 is 0 Å². The molecule has 0 aliphatic carbocycles. The molecule has 1 aromatic rings. The molecule has 1 heterocycles. The summed E-state index contributed by atoms with van der Waals surface area (Å²) >= 11 is 0. The smallest absolute Gasteiger partial charge is 0.233 e. The zero-order valence-corrected chi connectivity index (χ0v) is 9.38. The van der Waals surface area contributed by atoms with Crippen LogP contribution >= 0.6 is 0 Å². The number of nitrogens with zero attached hydrogens (tertiary/aromatic N) is 2. The molecule has 1 rings (SSSR count). The summed E-state index contributed by atoms with van der Waals surface area (Å²) < 4.78 is 1.92. The van der Waals surface area contributed by atoms with Gasteiger partial charge in [0.05, 0.1) is 0 Å². The van der Waals surface area contributed by atoms with E-state index in [1.54, 1.807) is 0 Å². The van der Waals surface area contributed by atoms with E-state index in [1.807, 2.05) is 4.68 Å². The Kier molecular flexibility index (Phi) is 3.98. The summed E-state index contributed by atoms with van der Waals surface area (Å²) in [6.45, 7) is 7.17. The van der Waals surface area contributed by atoms with Gasteiger partial charge in [0.25, 0.3) is 0 Å². The summed E-state index contributed by atoms with van der Waals surface area (Å²) in [6.07, 6.45) is 4.10. The average molecular weight is 196 g/mol. The Morgan fingerprint density at radius 2 is 1.79 bits per heavy atom. The van der Waals surface area contributed by atoms with Gasteiger partial charge in [-0.05, 0) is 19.8 Å². The van der Waals surface area contributed by atoms with E-state index in [-0.39, 0.29) is 5.88 Å². The van der Waals surface area contributed by atoms with Crippen LogP contribution in [-0.4, -0.2) is 14.9 Å². The second kappa shape index (κ2) is 5.03. The van der Waals surface area contributed by atoms with Crippen molar-refractivity contribution in [3.8, 4) is 5.88 Å². The van der Waals surface area contributed by atoms with Gasteiger partial charge in [0.1, 0.15) is 0 Å². The molecule has 0 unspecified atom stereocenters. The molecule has 1 N–H and O–H groups in total. The van der Waals surface area contributed by atoms with Crippen LogP contribution in [0, 0.1) is 0 Å². The first-order chi connectivity index (χ1) is 6.74. The van der Waals surface area contributed by atoms with E-state index in [4.69, 9.17) is 0 Å². The number of hydrogen-bond donors (Lipinski definition) is 1. The van der Waals surface area contributed by atoms with Gasteiger partial charge in [-0.2, -0.15) is 0 Å². The van der Waals surface area contributed by atoms with Crippen LogP contribution in [0.25, 0.3) is 0 Å². The lowest BCUT2D eigenvalue weighted by molar-refractivity contribution is 0.434. The van der Waals surface area contributed by atoms with E-state index in [9.17, 15) is 5.11 Å². The Hall–Kier alpha value is -0.990. The maximum absolute atomic E-state index is 9.67. The monoisotopic (exact) mass is 196 g/mol. The predicted octanol–water partition coefficient (Wildman–Crippen LogP) is 2.51. The summed E-state index contributed by atoms with van der Waals surface area (Å²) in [7, 11) is 0. The molecule has 3 nitrogen and oxygen atoms in total. The third-order valence-corrected chi connectivity index (χ3v) is 2.43. The van der Waals surface area contributed by atoms with Crippen molar-refractivity contribution in [2.45, 2.75) is 53.0 Å². The Morgan fingerprint density at radius 3 is 2.29 bits per heavy atom. The molecule has 14 heavy (non-hydrogen) atoms. The Morgan fingerprint density at radius 1 is 1.14 bits per heavy atom. The molecular formula is C11H20N2O. The molecule has 3 heteroatoms. The van der Waals surface area contributed by atoms with Crippen molar-refractivity contribution in [3.05, 3.63) is 11.3 Å². The average Bonchev–Trinajstić information content (AvgIpc) is 2.47. The van der Waals surface area contributed by atoms with Crippen LogP contribution in [0.15, 0.2) is 0 Å². The van der Waals surface area contributed by atoms with E-state index in [2.05, 4.69) is 25.9 Å². The number of hydrogen-bond acceptors (Lipinski definition) is 2. The summed E-state index contributed by atoms with van der Waals surface area (Å²) in [6, 6.07) is 0. The molecule has 0 aliphatic heterocycles. The summed E-state index contributed by atoms with van der Waals surface area (Å²) in [5, 5.41) is 13.8. The first kappa shape index (κ1) is 11.1. The fourth-order valence-electron chi connectivity index (χ4n) is 1.80. The number of aryl methyl sites for hydroxylation is 1. The SMILES string of the molecule is CCCc1c(O)nn(CC)c1CCC. The lowest BCUT2D eigenvalue weighted by Crippen LogP contribution is -2.03. The van der Waals surface area contributed by atoms with Crippen LogP contribution in [0.4, 0.5) is 0 Å². The topological polar surface area (TPSA) is 38.1 Å². The second-order valence-corrected chi connectivity index (χ2v) is 3.56. The van der Waals surface area contributed by atoms with Gasteiger partial charge in [-0.15, -0.1) is 5.10 Å². The maximum atomic E-state index is 9.67. The lowest BCUT2D eigenvalue weighted by atomic mass is 10.1. The molecule has 0 amide bonds. The van der Waals surface area contributed by atoms with Crippen molar-refractivity contribution in [2.75, 3.05) is 0 Å². The highest BCUT2D eigenvalue weighted by Crippen LogP contribution is 2.23. The van der Waals surface area contributed by atoms with Crippen molar-refractivity contribution in [1.29, 1.82) is 0 Å². The van der Waals surface area contributed by atoms with Crippen molar-refractivity contribution < 1.29 is 5.11 Å². The number of aromatic nitrogens is 2. The molecule has 1 aromatic heterocycles. The van der Waals surface area contributed by atoms with Crippen LogP contribution in [0.3, 0.4) is 0 Å². The van der Waals surface area contributed by atoms with E-state index in [0.29, 0.717) is 0 Å². The van der Waals surface area contributed by atoms with Gasteiger partial charge in [0.2, 0.25) is 5.88 Å². The van der Waals surface area contributed by atoms with E-state index < -0.39 is 0 Å². The van der Waals surface area contributed by atoms with Crippen LogP contribution in [0.5, 0.6) is 5.88 Å². The molecular weight excluding hydrogens is 176 g/mol. The van der Waals surface area contributed by atoms with Gasteiger partial charge in [0.15, 0.2) is 0 Å². The zero-order valence-electron chi connectivity index (χ0n) is 9.38. The number of aromatic hydroxyl groups is 1. The van der Waals surface area contributed by atoms with E-state index in [1.165, 1.54) is 5.69 Å². The van der Waals surface area contributed by atoms with Crippen LogP contribution in [0.2, 0.25) is 0 Å². The molecule has 0 aliphatic rings. The third-order valence-electron chi connectivity index (χ3n) is 2.43. The minimum atomic E-state index is 0.233. The normalized spacial score (nSPS) is 10.8. The molecule has 0 aromatic carbocycles. The van der Waals surface area contributed by atoms with Crippen molar-refractivity contribution in [1.82, 2.24) is 9.78 Å². The van der Waals surface area contributed by atoms with Gasteiger partial charge in [-0.1, -0.05) is 26.7 Å². The molecule has 0 saturated heterocycles. The maximum Gasteiger partial charge on any atom is 0.233 e. The van der Waals surface area contributed by atoms with E-state index in [0.717, 1.165) is 37.8 Å². The molecule has 0 spiro atoms. The highest BCUT2D eigenvalue weighted by molar-refractivity contribution is 5.30. The second-order valence-electron chi connectivity index (χ2n) is 3.56. The Labute approximate surface area is 85.8 Å². The quantitative estimate of drug-likeness (QED) is 0.785. The first-order valence-corrected chi connectivity index (χ1v) is 5.52. The van der Waals surface area contributed by atoms with Gasteiger partial charge in [0, 0.05) is 17.8 Å². The van der Waals surface area contributed by atoms with Crippen LogP contribution < -0.4 is 0 Å². The van der Waals surface area contributed by atoms with Gasteiger partial charge < -0.3 is 5.11 Å². The minimum Gasteiger partial charge on any atom is -0.492 e. The Bertz CT molecular complexity index is 292. The summed E-state index contributed by atoms with van der Waals surface area (Å²) in [5.74, 6) is 0.233. The third kappa shape index (κ3) is 2.08. The predicted molar refractivity (Wildman–Crippen MR) is 57.6 cm³/mol.